The highest BCUT2D eigenvalue weighted by Crippen LogP contribution is 2.24. The van der Waals surface area contributed by atoms with Gasteiger partial charge in [-0.05, 0) is 29.5 Å². The van der Waals surface area contributed by atoms with Crippen molar-refractivity contribution < 1.29 is 4.79 Å². The molecular formula is C16H14O. The van der Waals surface area contributed by atoms with Crippen LogP contribution in [0.3, 0.4) is 0 Å². The van der Waals surface area contributed by atoms with E-state index in [0.29, 0.717) is 0 Å². The van der Waals surface area contributed by atoms with E-state index in [-0.39, 0.29) is 0 Å². The van der Waals surface area contributed by atoms with Crippen LogP contribution in [0.25, 0.3) is 11.1 Å². The van der Waals surface area contributed by atoms with Gasteiger partial charge >= 0.3 is 0 Å². The molecule has 17 heavy (non-hydrogen) atoms. The van der Waals surface area contributed by atoms with Crippen LogP contribution in [0.2, 0.25) is 0 Å². The smallest absolute Gasteiger partial charge is 0.120 e. The monoisotopic (exact) mass is 222 g/mol. The molecule has 0 radical (unpaired) electrons. The van der Waals surface area contributed by atoms with Crippen molar-refractivity contribution >= 4 is 5.94 Å². The standard InChI is InChI=1S/C16H14O/c17-13-7-6-11-15-10-4-5-12-16(15)14-8-2-1-3-9-14/h1-5,7-10,12H,6,11H2. The van der Waals surface area contributed by atoms with Crippen LogP contribution in [0.1, 0.15) is 12.0 Å². The summed E-state index contributed by atoms with van der Waals surface area (Å²) in [6.07, 6.45) is 3.16. The number of carbonyl (C=O) groups excluding carboxylic acids is 1. The summed E-state index contributed by atoms with van der Waals surface area (Å²) in [7, 11) is 0. The van der Waals surface area contributed by atoms with Gasteiger partial charge in [0.05, 0.1) is 0 Å². The second kappa shape index (κ2) is 5.83. The van der Waals surface area contributed by atoms with E-state index in [1.54, 1.807) is 6.08 Å². The van der Waals surface area contributed by atoms with Gasteiger partial charge in [-0.25, -0.2) is 4.79 Å². The molecule has 0 aliphatic rings. The minimum atomic E-state index is 0.743. The van der Waals surface area contributed by atoms with Gasteiger partial charge in [0.25, 0.3) is 0 Å². The molecule has 0 saturated carbocycles. The highest BCUT2D eigenvalue weighted by molar-refractivity contribution is 5.67. The van der Waals surface area contributed by atoms with Gasteiger partial charge in [-0.15, -0.1) is 0 Å². The van der Waals surface area contributed by atoms with Gasteiger partial charge in [0.15, 0.2) is 0 Å². The maximum absolute atomic E-state index is 10.2. The Morgan fingerprint density at radius 1 is 0.941 bits per heavy atom. The summed E-state index contributed by atoms with van der Waals surface area (Å²) in [5.41, 5.74) is 3.73. The van der Waals surface area contributed by atoms with Crippen LogP contribution in [0.4, 0.5) is 0 Å². The van der Waals surface area contributed by atoms with Crippen molar-refractivity contribution in [1.82, 2.24) is 0 Å². The largest absolute Gasteiger partial charge is 0.234 e. The molecule has 0 spiro atoms. The third-order valence-corrected chi connectivity index (χ3v) is 2.74. The van der Waals surface area contributed by atoms with E-state index in [4.69, 9.17) is 0 Å². The van der Waals surface area contributed by atoms with Gasteiger partial charge < -0.3 is 0 Å². The maximum atomic E-state index is 10.2. The van der Waals surface area contributed by atoms with E-state index in [2.05, 4.69) is 24.3 Å². The normalized spacial score (nSPS) is 9.65. The predicted octanol–water partition coefficient (Wildman–Crippen LogP) is 3.67. The van der Waals surface area contributed by atoms with E-state index >= 15 is 0 Å². The SMILES string of the molecule is O=C=CCCc1ccccc1-c1ccccc1. The second-order valence-electron chi connectivity index (χ2n) is 3.88. The molecule has 2 aromatic rings. The first kappa shape index (κ1) is 11.4. The molecule has 2 aromatic carbocycles. The van der Waals surface area contributed by atoms with Crippen LogP contribution in [-0.2, 0) is 11.2 Å². The topological polar surface area (TPSA) is 17.1 Å². The average Bonchev–Trinajstić information content (AvgIpc) is 2.41. The van der Waals surface area contributed by atoms with Gasteiger partial charge in [0, 0.05) is 6.08 Å². The Morgan fingerprint density at radius 3 is 2.41 bits per heavy atom. The minimum absolute atomic E-state index is 0.743. The van der Waals surface area contributed by atoms with Gasteiger partial charge in [0.2, 0.25) is 0 Å². The zero-order valence-corrected chi connectivity index (χ0v) is 9.60. The number of hydrogen-bond acceptors (Lipinski definition) is 1. The van der Waals surface area contributed by atoms with Crippen LogP contribution >= 0.6 is 0 Å². The van der Waals surface area contributed by atoms with Crippen LogP contribution in [-0.4, -0.2) is 5.94 Å². The molecule has 0 N–H and O–H groups in total. The van der Waals surface area contributed by atoms with Crippen LogP contribution in [0.15, 0.2) is 60.7 Å². The first-order valence-corrected chi connectivity index (χ1v) is 5.74. The molecule has 0 fully saturated rings. The van der Waals surface area contributed by atoms with E-state index in [0.717, 1.165) is 12.8 Å². The Kier molecular flexibility index (Phi) is 3.90. The molecule has 0 bridgehead atoms. The number of benzene rings is 2. The molecule has 0 aromatic heterocycles. The summed E-state index contributed by atoms with van der Waals surface area (Å²) >= 11 is 0. The van der Waals surface area contributed by atoms with Gasteiger partial charge in [-0.1, -0.05) is 54.6 Å². The van der Waals surface area contributed by atoms with Crippen molar-refractivity contribution in [2.75, 3.05) is 0 Å². The van der Waals surface area contributed by atoms with Crippen molar-refractivity contribution in [3.8, 4) is 11.1 Å². The van der Waals surface area contributed by atoms with Crippen LogP contribution in [0, 0.1) is 0 Å². The summed E-state index contributed by atoms with van der Waals surface area (Å²) in [5.74, 6) is 1.82. The lowest BCUT2D eigenvalue weighted by molar-refractivity contribution is 0.568. The molecule has 1 heteroatoms. The quantitative estimate of drug-likeness (QED) is 0.721. The number of aryl methyl sites for hydroxylation is 1. The van der Waals surface area contributed by atoms with E-state index in [1.807, 2.05) is 36.3 Å². The number of hydrogen-bond donors (Lipinski definition) is 0. The van der Waals surface area contributed by atoms with Crippen molar-refractivity contribution in [2.24, 2.45) is 0 Å². The van der Waals surface area contributed by atoms with Crippen LogP contribution < -0.4 is 0 Å². The highest BCUT2D eigenvalue weighted by Gasteiger charge is 2.02. The third kappa shape index (κ3) is 2.93. The molecular weight excluding hydrogens is 208 g/mol. The maximum Gasteiger partial charge on any atom is 0.120 e. The molecule has 0 saturated heterocycles. The van der Waals surface area contributed by atoms with Gasteiger partial charge in [-0.2, -0.15) is 0 Å². The molecule has 0 amide bonds. The van der Waals surface area contributed by atoms with Crippen molar-refractivity contribution in [2.45, 2.75) is 12.8 Å². The molecule has 1 nitrogen and oxygen atoms in total. The number of rotatable bonds is 4. The predicted molar refractivity (Wildman–Crippen MR) is 70.5 cm³/mol. The molecule has 0 atom stereocenters. The van der Waals surface area contributed by atoms with Gasteiger partial charge in [0.1, 0.15) is 5.94 Å². The fourth-order valence-electron chi connectivity index (χ4n) is 1.92. The Balaban J connectivity index is 2.31. The summed E-state index contributed by atoms with van der Waals surface area (Å²) in [6.45, 7) is 0. The Hall–Kier alpha value is -2.11. The molecule has 0 heterocycles. The molecule has 2 rings (SSSR count). The fourth-order valence-corrected chi connectivity index (χ4v) is 1.92. The summed E-state index contributed by atoms with van der Waals surface area (Å²) < 4.78 is 0. The summed E-state index contributed by atoms with van der Waals surface area (Å²) in [5, 5.41) is 0. The Labute approximate surface area is 101 Å². The van der Waals surface area contributed by atoms with E-state index in [1.165, 1.54) is 16.7 Å². The highest BCUT2D eigenvalue weighted by atomic mass is 16.1. The first-order chi connectivity index (χ1) is 8.42. The summed E-state index contributed by atoms with van der Waals surface area (Å²) in [4.78, 5) is 10.2. The Bertz CT molecular complexity index is 522. The second-order valence-corrected chi connectivity index (χ2v) is 3.88. The zero-order valence-electron chi connectivity index (χ0n) is 9.60. The van der Waals surface area contributed by atoms with E-state index in [9.17, 15) is 4.79 Å². The lowest BCUT2D eigenvalue weighted by atomic mass is 9.97. The van der Waals surface area contributed by atoms with Crippen molar-refractivity contribution in [1.29, 1.82) is 0 Å². The summed E-state index contributed by atoms with van der Waals surface area (Å²) in [6, 6.07) is 18.6. The van der Waals surface area contributed by atoms with Gasteiger partial charge in [-0.3, -0.25) is 0 Å². The lowest BCUT2D eigenvalue weighted by Crippen LogP contribution is -1.89. The fraction of sp³-hybridized carbons (Fsp3) is 0.125. The number of allylic oxidation sites excluding steroid dienone is 1. The first-order valence-electron chi connectivity index (χ1n) is 5.74. The zero-order chi connectivity index (χ0) is 11.9. The third-order valence-electron chi connectivity index (χ3n) is 2.74. The average molecular weight is 222 g/mol. The Morgan fingerprint density at radius 2 is 1.65 bits per heavy atom. The van der Waals surface area contributed by atoms with E-state index < -0.39 is 0 Å². The molecule has 0 aliphatic heterocycles. The van der Waals surface area contributed by atoms with Crippen LogP contribution in [0.5, 0.6) is 0 Å². The molecule has 84 valence electrons. The molecule has 0 unspecified atom stereocenters. The minimum Gasteiger partial charge on any atom is -0.234 e. The van der Waals surface area contributed by atoms with Crippen molar-refractivity contribution in [3.05, 3.63) is 66.2 Å². The van der Waals surface area contributed by atoms with Crippen molar-refractivity contribution in [3.63, 3.8) is 0 Å². The lowest BCUT2D eigenvalue weighted by Gasteiger charge is -2.08. The molecule has 0 aliphatic carbocycles.